The topological polar surface area (TPSA) is 27.7 Å². The summed E-state index contributed by atoms with van der Waals surface area (Å²) in [7, 11) is 0. The Morgan fingerprint density at radius 2 is 1.57 bits per heavy atom. The normalized spacial score (nSPS) is 18.5. The van der Waals surface area contributed by atoms with Crippen molar-refractivity contribution in [1.82, 2.24) is 0 Å². The molecule has 0 saturated carbocycles. The van der Waals surface area contributed by atoms with Gasteiger partial charge in [0.25, 0.3) is 0 Å². The van der Waals surface area contributed by atoms with E-state index >= 15 is 0 Å². The van der Waals surface area contributed by atoms with E-state index in [2.05, 4.69) is 0 Å². The van der Waals surface area contributed by atoms with Crippen LogP contribution in [-0.4, -0.2) is 19.1 Å². The number of hydrogen-bond acceptors (Lipinski definition) is 3. The lowest BCUT2D eigenvalue weighted by atomic mass is 10.0. The van der Waals surface area contributed by atoms with Crippen LogP contribution in [0.2, 0.25) is 0 Å². The van der Waals surface area contributed by atoms with Crippen LogP contribution in [0, 0.1) is 0 Å². The van der Waals surface area contributed by atoms with Gasteiger partial charge in [-0.05, 0) is 41.5 Å². The number of rotatable bonds is 1. The highest BCUT2D eigenvalue weighted by atomic mass is 19.4. The molecular formula is C17H11F3O3. The third kappa shape index (κ3) is 2.50. The predicted molar refractivity (Wildman–Crippen MR) is 77.5 cm³/mol. The highest BCUT2D eigenvalue weighted by Crippen LogP contribution is 2.38. The monoisotopic (exact) mass is 320 g/mol. The molecule has 0 amide bonds. The van der Waals surface area contributed by atoms with Crippen molar-refractivity contribution in [3.63, 3.8) is 0 Å². The van der Waals surface area contributed by atoms with E-state index in [1.165, 1.54) is 6.08 Å². The van der Waals surface area contributed by atoms with Gasteiger partial charge in [0.15, 0.2) is 11.5 Å². The summed E-state index contributed by atoms with van der Waals surface area (Å²) in [6, 6.07) is 10.6. The van der Waals surface area contributed by atoms with Gasteiger partial charge in [-0.3, -0.25) is 0 Å². The van der Waals surface area contributed by atoms with E-state index in [4.69, 9.17) is 14.2 Å². The van der Waals surface area contributed by atoms with Gasteiger partial charge >= 0.3 is 6.18 Å². The van der Waals surface area contributed by atoms with Crippen LogP contribution in [0.25, 0.3) is 17.2 Å². The van der Waals surface area contributed by atoms with Gasteiger partial charge in [0.1, 0.15) is 5.75 Å². The average Bonchev–Trinajstić information content (AvgIpc) is 3.00. The van der Waals surface area contributed by atoms with Crippen molar-refractivity contribution in [2.45, 2.75) is 12.3 Å². The first-order valence-corrected chi connectivity index (χ1v) is 6.96. The molecule has 23 heavy (non-hydrogen) atoms. The average molecular weight is 320 g/mol. The molecule has 2 heterocycles. The van der Waals surface area contributed by atoms with Crippen molar-refractivity contribution in [3.05, 3.63) is 48.0 Å². The van der Waals surface area contributed by atoms with Gasteiger partial charge in [-0.15, -0.1) is 0 Å². The van der Waals surface area contributed by atoms with Crippen LogP contribution in [-0.2, 0) is 0 Å². The smallest absolute Gasteiger partial charge is 0.429 e. The molecule has 0 bridgehead atoms. The van der Waals surface area contributed by atoms with Gasteiger partial charge in [-0.1, -0.05) is 18.2 Å². The van der Waals surface area contributed by atoms with Crippen LogP contribution in [0.5, 0.6) is 17.2 Å². The van der Waals surface area contributed by atoms with Gasteiger partial charge in [-0.25, -0.2) is 0 Å². The van der Waals surface area contributed by atoms with Crippen LogP contribution >= 0.6 is 0 Å². The minimum absolute atomic E-state index is 0.193. The lowest BCUT2D eigenvalue weighted by Crippen LogP contribution is -2.33. The van der Waals surface area contributed by atoms with Crippen LogP contribution in [0.15, 0.2) is 42.5 Å². The van der Waals surface area contributed by atoms with Gasteiger partial charge in [0.2, 0.25) is 12.9 Å². The zero-order valence-electron chi connectivity index (χ0n) is 11.8. The van der Waals surface area contributed by atoms with Gasteiger partial charge in [0.05, 0.1) is 0 Å². The Bertz CT molecular complexity index is 796. The third-order valence-electron chi connectivity index (χ3n) is 3.74. The fourth-order valence-corrected chi connectivity index (χ4v) is 2.58. The van der Waals surface area contributed by atoms with Gasteiger partial charge in [-0.2, -0.15) is 13.2 Å². The van der Waals surface area contributed by atoms with E-state index in [-0.39, 0.29) is 12.5 Å². The summed E-state index contributed by atoms with van der Waals surface area (Å²) in [5.41, 5.74) is 2.37. The first-order valence-electron chi connectivity index (χ1n) is 6.96. The minimum Gasteiger partial charge on any atom is -0.476 e. The lowest BCUT2D eigenvalue weighted by molar-refractivity contribution is -0.180. The maximum atomic E-state index is 12.7. The zero-order valence-corrected chi connectivity index (χ0v) is 11.8. The fourth-order valence-electron chi connectivity index (χ4n) is 2.58. The summed E-state index contributed by atoms with van der Waals surface area (Å²) in [4.78, 5) is 0. The molecule has 6 heteroatoms. The molecule has 0 aromatic heterocycles. The number of ether oxygens (including phenoxy) is 3. The Morgan fingerprint density at radius 3 is 2.35 bits per heavy atom. The molecule has 2 aromatic rings. The van der Waals surface area contributed by atoms with E-state index in [0.29, 0.717) is 17.1 Å². The number of hydrogen-bond donors (Lipinski definition) is 0. The standard InChI is InChI=1S/C17H11F3O3/c18-17(19,20)16-6-3-12-7-10(1-4-13(12)23-16)11-2-5-14-15(8-11)22-9-21-14/h1-8,16H,9H2. The highest BCUT2D eigenvalue weighted by molar-refractivity contribution is 5.73. The molecule has 2 aromatic carbocycles. The van der Waals surface area contributed by atoms with Crippen LogP contribution in [0.4, 0.5) is 13.2 Å². The molecule has 2 aliphatic rings. The molecule has 4 rings (SSSR count). The summed E-state index contributed by atoms with van der Waals surface area (Å²) in [5.74, 6) is 1.56. The van der Waals surface area contributed by atoms with E-state index in [1.807, 2.05) is 18.2 Å². The largest absolute Gasteiger partial charge is 0.476 e. The highest BCUT2D eigenvalue weighted by Gasteiger charge is 2.41. The molecule has 0 radical (unpaired) electrons. The Balaban J connectivity index is 1.67. The molecule has 0 fully saturated rings. The molecule has 0 aliphatic carbocycles. The summed E-state index contributed by atoms with van der Waals surface area (Å²) >= 11 is 0. The number of benzene rings is 2. The Hall–Kier alpha value is -2.63. The van der Waals surface area contributed by atoms with E-state index in [9.17, 15) is 13.2 Å². The molecule has 118 valence electrons. The van der Waals surface area contributed by atoms with E-state index in [0.717, 1.165) is 17.2 Å². The summed E-state index contributed by atoms with van der Waals surface area (Å²) < 4.78 is 53.7. The molecule has 1 atom stereocenters. The minimum atomic E-state index is -4.41. The second-order valence-corrected chi connectivity index (χ2v) is 5.26. The lowest BCUT2D eigenvalue weighted by Gasteiger charge is -2.23. The Kier molecular flexibility index (Phi) is 3.01. The molecule has 0 N–H and O–H groups in total. The molecule has 2 aliphatic heterocycles. The first kappa shape index (κ1) is 14.0. The number of halogens is 3. The van der Waals surface area contributed by atoms with Crippen molar-refractivity contribution in [2.24, 2.45) is 0 Å². The molecule has 3 nitrogen and oxygen atoms in total. The van der Waals surface area contributed by atoms with Crippen LogP contribution < -0.4 is 14.2 Å². The summed E-state index contributed by atoms with van der Waals surface area (Å²) in [6.07, 6.45) is -3.85. The zero-order chi connectivity index (χ0) is 16.0. The van der Waals surface area contributed by atoms with Gasteiger partial charge in [0, 0.05) is 5.56 Å². The second kappa shape index (κ2) is 4.94. The first-order chi connectivity index (χ1) is 11.0. The third-order valence-corrected chi connectivity index (χ3v) is 3.74. The van der Waals surface area contributed by atoms with Crippen molar-refractivity contribution < 1.29 is 27.4 Å². The maximum absolute atomic E-state index is 12.7. The van der Waals surface area contributed by atoms with E-state index in [1.54, 1.807) is 18.2 Å². The summed E-state index contributed by atoms with van der Waals surface area (Å²) in [6.45, 7) is 0.193. The van der Waals surface area contributed by atoms with Crippen molar-refractivity contribution in [2.75, 3.05) is 6.79 Å². The molecular weight excluding hydrogens is 309 g/mol. The second-order valence-electron chi connectivity index (χ2n) is 5.26. The van der Waals surface area contributed by atoms with Crippen LogP contribution in [0.3, 0.4) is 0 Å². The number of fused-ring (bicyclic) bond motifs is 2. The van der Waals surface area contributed by atoms with E-state index < -0.39 is 12.3 Å². The number of alkyl halides is 3. The molecule has 1 unspecified atom stereocenters. The molecule has 0 spiro atoms. The van der Waals surface area contributed by atoms with Crippen LogP contribution in [0.1, 0.15) is 5.56 Å². The van der Waals surface area contributed by atoms with Crippen molar-refractivity contribution >= 4 is 6.08 Å². The van der Waals surface area contributed by atoms with Gasteiger partial charge < -0.3 is 14.2 Å². The van der Waals surface area contributed by atoms with Crippen molar-refractivity contribution in [1.29, 1.82) is 0 Å². The molecule has 0 saturated heterocycles. The summed E-state index contributed by atoms with van der Waals surface area (Å²) in [5, 5.41) is 0. The maximum Gasteiger partial charge on any atom is 0.429 e. The SMILES string of the molecule is FC(F)(F)C1C=Cc2cc(-c3ccc4c(c3)OCO4)ccc2O1. The Morgan fingerprint density at radius 1 is 0.870 bits per heavy atom. The van der Waals surface area contributed by atoms with Crippen molar-refractivity contribution in [3.8, 4) is 28.4 Å². The Labute approximate surface area is 129 Å². The fraction of sp³-hybridized carbons (Fsp3) is 0.176. The quantitative estimate of drug-likeness (QED) is 0.778. The predicted octanol–water partition coefficient (Wildman–Crippen LogP) is 4.42.